The number of aromatic nitrogens is 1. The van der Waals surface area contributed by atoms with Crippen LogP contribution in [0.15, 0.2) is 53.7 Å². The molecule has 28 heteroatoms. The standard InChI is InChI=1S/C62H96N12O14SSe/c1-37(2)24-43(61(85)71-49(26-39(5)6)54(79)31-42(17-11-13-23-64)60(84)72-51(32-55(66)80)53(78)30-41(58(67)82)16-10-12-22-63)28-46(75)35-70-59(83)44(36-90-89-57-21-18-45(33-69-57)74(87)88)29-47(76)34-68-56(81)20-19-52(77)50(27-40-14-8-7-9-15-40)73-62(86)48(65)25-38(3)4/h7-9,14-15,18,21,33,37-39,41-44,48-51H,10-13,16-17,19-20,22-32,34-36,63-65H2,1-6H3,(H2,66,80)(H2,67,82)(H,68,81)(H,70,83)(H,71,85)(H,72,84)(H,73,86)/t41-,42-,43-,44+,48+,49+,50+,51+/m1/s1. The second-order valence-corrected chi connectivity index (χ2v) is 28.1. The summed E-state index contributed by atoms with van der Waals surface area (Å²) in [5.41, 5.74) is 29.1. The zero-order valence-corrected chi connectivity index (χ0v) is 55.4. The number of ketones is 5. The predicted molar refractivity (Wildman–Crippen MR) is 341 cm³/mol. The summed E-state index contributed by atoms with van der Waals surface area (Å²) in [4.78, 5) is 176. The molecule has 7 amide bonds. The Hall–Kier alpha value is -6.84. The van der Waals surface area contributed by atoms with Crippen LogP contribution in [-0.2, 0) is 64.0 Å². The van der Waals surface area contributed by atoms with Gasteiger partial charge in [-0.25, -0.2) is 0 Å². The number of benzene rings is 1. The van der Waals surface area contributed by atoms with E-state index in [-0.39, 0.29) is 106 Å². The first-order valence-electron chi connectivity index (χ1n) is 30.8. The normalized spacial score (nSPS) is 14.0. The van der Waals surface area contributed by atoms with Gasteiger partial charge < -0.3 is 34.0 Å². The van der Waals surface area contributed by atoms with Crippen molar-refractivity contribution in [2.24, 2.45) is 70.1 Å². The zero-order chi connectivity index (χ0) is 67.5. The minimum Gasteiger partial charge on any atom is -0.370 e. The smallest absolute Gasteiger partial charge is 0.370 e. The molecule has 90 heavy (non-hydrogen) atoms. The maximum atomic E-state index is 14.3. The number of unbranched alkanes of at least 4 members (excludes halogenated alkanes) is 2. The molecular formula is C62H96N12O14SSe. The number of carbonyl (C=O) groups is 12. The Morgan fingerprint density at radius 1 is 0.578 bits per heavy atom. The van der Waals surface area contributed by atoms with E-state index < -0.39 is 156 Å². The minimum atomic E-state index is -1.42. The molecule has 0 saturated carbocycles. The summed E-state index contributed by atoms with van der Waals surface area (Å²) in [7, 11) is 1.22. The Morgan fingerprint density at radius 3 is 1.68 bits per heavy atom. The van der Waals surface area contributed by atoms with E-state index in [2.05, 4.69) is 31.6 Å². The second kappa shape index (κ2) is 43.0. The van der Waals surface area contributed by atoms with Gasteiger partial charge in [0.25, 0.3) is 0 Å². The average Bonchev–Trinajstić information content (AvgIpc) is 1.49. The van der Waals surface area contributed by atoms with E-state index in [1.807, 2.05) is 47.6 Å². The van der Waals surface area contributed by atoms with Crippen molar-refractivity contribution >= 4 is 100.0 Å². The maximum absolute atomic E-state index is 14.3. The van der Waals surface area contributed by atoms with Gasteiger partial charge in [0.2, 0.25) is 23.6 Å². The number of pyridine rings is 1. The van der Waals surface area contributed by atoms with Crippen LogP contribution in [0.1, 0.15) is 150 Å². The third-order valence-corrected chi connectivity index (χ3v) is 18.8. The van der Waals surface area contributed by atoms with Gasteiger partial charge >= 0.3 is 271 Å². The van der Waals surface area contributed by atoms with Crippen molar-refractivity contribution in [1.29, 1.82) is 0 Å². The number of primary amides is 2. The Kier molecular flexibility index (Phi) is 37.9. The van der Waals surface area contributed by atoms with E-state index in [0.29, 0.717) is 43.7 Å². The molecule has 0 bridgehead atoms. The van der Waals surface area contributed by atoms with Crippen molar-refractivity contribution in [3.8, 4) is 0 Å². The van der Waals surface area contributed by atoms with Gasteiger partial charge in [-0.3, -0.25) is 28.8 Å². The minimum absolute atomic E-state index is 0.110. The summed E-state index contributed by atoms with van der Waals surface area (Å²) >= 11 is -0.490. The van der Waals surface area contributed by atoms with E-state index in [9.17, 15) is 67.6 Å². The number of Topliss-reactive ketones (excluding diaryl/α,β-unsaturated/α-hetero) is 5. The molecule has 15 N–H and O–H groups in total. The molecule has 1 aromatic carbocycles. The summed E-state index contributed by atoms with van der Waals surface area (Å²) in [6.45, 7) is 10.8. The van der Waals surface area contributed by atoms with E-state index in [1.165, 1.54) is 22.3 Å². The van der Waals surface area contributed by atoms with Crippen molar-refractivity contribution in [3.63, 3.8) is 0 Å². The van der Waals surface area contributed by atoms with Gasteiger partial charge in [0.05, 0.1) is 18.5 Å². The average molecular weight is 1340 g/mol. The summed E-state index contributed by atoms with van der Waals surface area (Å²) < 4.78 is 0. The number of carbonyl (C=O) groups excluding carboxylic acids is 12. The van der Waals surface area contributed by atoms with Crippen molar-refractivity contribution in [2.45, 2.75) is 185 Å². The monoisotopic (exact) mass is 1340 g/mol. The number of nitrogens with zero attached hydrogens (tertiary/aromatic N) is 2. The van der Waals surface area contributed by atoms with Gasteiger partial charge in [0, 0.05) is 24.7 Å². The van der Waals surface area contributed by atoms with Crippen LogP contribution in [-0.4, -0.2) is 144 Å². The van der Waals surface area contributed by atoms with Crippen LogP contribution >= 0.6 is 10.2 Å². The van der Waals surface area contributed by atoms with E-state index in [4.69, 9.17) is 28.7 Å². The van der Waals surface area contributed by atoms with Crippen molar-refractivity contribution in [2.75, 3.05) is 26.2 Å². The molecule has 1 aromatic heterocycles. The van der Waals surface area contributed by atoms with Gasteiger partial charge in [0.15, 0.2) is 5.78 Å². The van der Waals surface area contributed by atoms with Crippen LogP contribution in [0.2, 0.25) is 5.32 Å². The first-order valence-corrected chi connectivity index (χ1v) is 34.8. The van der Waals surface area contributed by atoms with Gasteiger partial charge in [-0.15, -0.1) is 0 Å². The third kappa shape index (κ3) is 32.8. The fraction of sp³-hybridized carbons (Fsp3) is 0.629. The Balaban J connectivity index is 2.26. The number of nitrogens with one attached hydrogen (secondary N) is 5. The Bertz CT molecular complexity index is 2700. The molecular weight excluding hydrogens is 1250 g/mol. The second-order valence-electron chi connectivity index (χ2n) is 24.1. The van der Waals surface area contributed by atoms with Gasteiger partial charge in [-0.05, 0) is 62.6 Å². The summed E-state index contributed by atoms with van der Waals surface area (Å²) in [6.07, 6.45) is 1.73. The van der Waals surface area contributed by atoms with Crippen molar-refractivity contribution < 1.29 is 62.5 Å². The van der Waals surface area contributed by atoms with Crippen LogP contribution in [0.3, 0.4) is 0 Å². The SMILES string of the molecule is CC(C)C[C@H](CC(=O)CNC(=O)[C@H](C[Se]Sc1ccc([N+](=O)[O-])cn1)CC(=O)CNC(=O)CCC(=O)[C@H](Cc1ccccc1)NC(=O)[C@@H](N)CC(C)C)C(=O)N[C@@H](CC(C)C)C(=O)C[C@@H](CCCCN)C(=O)N[C@@H](CC(N)=O)C(=O)C[C@@H](CCCCN)C(N)=O. The Morgan fingerprint density at radius 2 is 1.12 bits per heavy atom. The molecule has 8 atom stereocenters. The fourth-order valence-electron chi connectivity index (χ4n) is 9.77. The Labute approximate surface area is 537 Å². The van der Waals surface area contributed by atoms with Gasteiger partial charge in [-0.2, -0.15) is 0 Å². The molecule has 0 unspecified atom stereocenters. The molecule has 0 radical (unpaired) electrons. The van der Waals surface area contributed by atoms with E-state index in [1.54, 1.807) is 24.3 Å². The quantitative estimate of drug-likeness (QED) is 0.0197. The predicted octanol–water partition coefficient (Wildman–Crippen LogP) is 2.78. The molecule has 1 heterocycles. The number of nitro groups is 1. The van der Waals surface area contributed by atoms with Gasteiger partial charge in [-0.1, -0.05) is 70.9 Å². The molecule has 0 aliphatic rings. The molecule has 0 aliphatic carbocycles. The summed E-state index contributed by atoms with van der Waals surface area (Å²) in [5, 5.41) is 25.0. The number of nitrogens with two attached hydrogens (primary N) is 5. The van der Waals surface area contributed by atoms with Crippen LogP contribution in [0.4, 0.5) is 5.69 Å². The molecule has 26 nitrogen and oxygen atoms in total. The first-order chi connectivity index (χ1) is 42.5. The fourth-order valence-corrected chi connectivity index (χ4v) is 13.8. The molecule has 0 spiro atoms. The molecule has 0 fully saturated rings. The number of rotatable bonds is 49. The summed E-state index contributed by atoms with van der Waals surface area (Å²) in [6, 6.07) is 7.35. The van der Waals surface area contributed by atoms with Crippen LogP contribution in [0, 0.1) is 51.5 Å². The van der Waals surface area contributed by atoms with Crippen LogP contribution in [0.25, 0.3) is 0 Å². The molecule has 2 aromatic rings. The third-order valence-electron chi connectivity index (χ3n) is 14.6. The molecule has 500 valence electrons. The van der Waals surface area contributed by atoms with Crippen LogP contribution in [0.5, 0.6) is 0 Å². The van der Waals surface area contributed by atoms with E-state index in [0.717, 1.165) is 11.8 Å². The molecule has 0 saturated heterocycles. The number of hydrogen-bond donors (Lipinski definition) is 10. The van der Waals surface area contributed by atoms with Crippen LogP contribution < -0.4 is 55.3 Å². The topological polar surface area (TPSA) is 451 Å². The zero-order valence-electron chi connectivity index (χ0n) is 52.8. The van der Waals surface area contributed by atoms with Crippen molar-refractivity contribution in [3.05, 3.63) is 64.3 Å². The van der Waals surface area contributed by atoms with Crippen molar-refractivity contribution in [1.82, 2.24) is 31.6 Å². The van der Waals surface area contributed by atoms with Gasteiger partial charge in [0.1, 0.15) is 0 Å². The molecule has 2 rings (SSSR count). The number of hydrogen-bond acceptors (Lipinski definition) is 19. The first kappa shape index (κ1) is 79.3. The van der Waals surface area contributed by atoms with E-state index >= 15 is 0 Å². The summed E-state index contributed by atoms with van der Waals surface area (Å²) in [5.74, 6) is -11.5. The molecule has 0 aliphatic heterocycles. The number of amides is 7.